The Morgan fingerprint density at radius 3 is 2.68 bits per heavy atom. The molecule has 12 heteroatoms. The molecule has 1 N–H and O–H groups in total. The van der Waals surface area contributed by atoms with Crippen molar-refractivity contribution >= 4 is 21.9 Å². The number of piperidine rings is 1. The second-order valence-corrected chi connectivity index (χ2v) is 9.06. The molecule has 1 aliphatic heterocycles. The van der Waals surface area contributed by atoms with Crippen molar-refractivity contribution in [1.29, 1.82) is 0 Å². The van der Waals surface area contributed by atoms with E-state index in [0.29, 0.717) is 30.8 Å². The SMILES string of the molecule is COc1ccc(S(=O)(=O)N2CCCC(C(=O)Nc3nnc(-c4ccnn4C)o3)C2)cc1. The topological polar surface area (TPSA) is 132 Å². The normalized spacial score (nSPS) is 17.4. The minimum Gasteiger partial charge on any atom is -0.497 e. The van der Waals surface area contributed by atoms with Crippen LogP contribution in [0.2, 0.25) is 0 Å². The van der Waals surface area contributed by atoms with Crippen LogP contribution in [0.1, 0.15) is 12.8 Å². The predicted octanol–water partition coefficient (Wildman–Crippen LogP) is 1.52. The third-order valence-corrected chi connectivity index (χ3v) is 7.03. The molecule has 0 spiro atoms. The van der Waals surface area contributed by atoms with Gasteiger partial charge in [-0.25, -0.2) is 8.42 Å². The average molecular weight is 446 g/mol. The van der Waals surface area contributed by atoms with Crippen molar-refractivity contribution in [3.8, 4) is 17.3 Å². The van der Waals surface area contributed by atoms with Crippen molar-refractivity contribution in [3.05, 3.63) is 36.5 Å². The Kier molecular flexibility index (Phi) is 5.74. The molecule has 11 nitrogen and oxygen atoms in total. The van der Waals surface area contributed by atoms with Gasteiger partial charge in [0.05, 0.1) is 17.9 Å². The molecule has 1 atom stereocenters. The third-order valence-electron chi connectivity index (χ3n) is 5.15. The van der Waals surface area contributed by atoms with E-state index in [4.69, 9.17) is 9.15 Å². The molecule has 1 aliphatic rings. The Balaban J connectivity index is 1.44. The number of aryl methyl sites for hydroxylation is 1. The van der Waals surface area contributed by atoms with Crippen LogP contribution in [0.5, 0.6) is 5.75 Å². The highest BCUT2D eigenvalue weighted by Gasteiger charge is 2.34. The molecule has 1 unspecified atom stereocenters. The smallest absolute Gasteiger partial charge is 0.322 e. The van der Waals surface area contributed by atoms with E-state index in [1.165, 1.54) is 23.5 Å². The number of rotatable bonds is 6. The molecule has 0 bridgehead atoms. The fourth-order valence-corrected chi connectivity index (χ4v) is 4.96. The van der Waals surface area contributed by atoms with Crippen molar-refractivity contribution in [2.45, 2.75) is 17.7 Å². The average Bonchev–Trinajstić information content (AvgIpc) is 3.42. The van der Waals surface area contributed by atoms with Gasteiger partial charge < -0.3 is 9.15 Å². The third kappa shape index (κ3) is 4.30. The number of sulfonamides is 1. The number of carbonyl (C=O) groups is 1. The van der Waals surface area contributed by atoms with Gasteiger partial charge >= 0.3 is 6.01 Å². The summed E-state index contributed by atoms with van der Waals surface area (Å²) in [5.74, 6) is -0.105. The van der Waals surface area contributed by atoms with E-state index in [1.54, 1.807) is 36.1 Å². The second-order valence-electron chi connectivity index (χ2n) is 7.12. The summed E-state index contributed by atoms with van der Waals surface area (Å²) in [5.41, 5.74) is 0.613. The molecule has 4 rings (SSSR count). The maximum absolute atomic E-state index is 13.0. The van der Waals surface area contributed by atoms with Gasteiger partial charge in [-0.3, -0.25) is 14.8 Å². The van der Waals surface area contributed by atoms with Crippen LogP contribution in [-0.4, -0.2) is 58.8 Å². The van der Waals surface area contributed by atoms with Gasteiger partial charge in [-0.1, -0.05) is 5.10 Å². The van der Waals surface area contributed by atoms with Crippen molar-refractivity contribution < 1.29 is 22.4 Å². The summed E-state index contributed by atoms with van der Waals surface area (Å²) in [7, 11) is -0.472. The van der Waals surface area contributed by atoms with Crippen LogP contribution in [0.3, 0.4) is 0 Å². The van der Waals surface area contributed by atoms with E-state index in [9.17, 15) is 13.2 Å². The number of benzene rings is 1. The molecule has 1 aromatic carbocycles. The Bertz CT molecular complexity index is 1170. The summed E-state index contributed by atoms with van der Waals surface area (Å²) in [4.78, 5) is 12.9. The zero-order valence-electron chi connectivity index (χ0n) is 17.1. The molecule has 3 aromatic rings. The molecule has 1 fully saturated rings. The maximum atomic E-state index is 13.0. The lowest BCUT2D eigenvalue weighted by atomic mass is 9.99. The van der Waals surface area contributed by atoms with Crippen LogP contribution < -0.4 is 10.1 Å². The molecule has 164 valence electrons. The zero-order valence-corrected chi connectivity index (χ0v) is 17.9. The van der Waals surface area contributed by atoms with Crippen molar-refractivity contribution in [2.24, 2.45) is 13.0 Å². The van der Waals surface area contributed by atoms with E-state index in [0.717, 1.165) is 0 Å². The highest BCUT2D eigenvalue weighted by molar-refractivity contribution is 7.89. The minimum atomic E-state index is -3.72. The maximum Gasteiger partial charge on any atom is 0.322 e. The van der Waals surface area contributed by atoms with Gasteiger partial charge in [0.2, 0.25) is 15.9 Å². The molecule has 2 aromatic heterocycles. The number of methoxy groups -OCH3 is 1. The molecule has 31 heavy (non-hydrogen) atoms. The first-order valence-corrected chi connectivity index (χ1v) is 11.1. The highest BCUT2D eigenvalue weighted by atomic mass is 32.2. The number of hydrogen-bond acceptors (Lipinski definition) is 8. The van der Waals surface area contributed by atoms with Gasteiger partial charge in [0.15, 0.2) is 0 Å². The lowest BCUT2D eigenvalue weighted by Crippen LogP contribution is -2.43. The van der Waals surface area contributed by atoms with Crippen LogP contribution in [0, 0.1) is 5.92 Å². The number of aromatic nitrogens is 4. The zero-order chi connectivity index (χ0) is 22.0. The summed E-state index contributed by atoms with van der Waals surface area (Å²) in [6, 6.07) is 7.85. The molecule has 0 radical (unpaired) electrons. The van der Waals surface area contributed by atoms with Gasteiger partial charge in [0.1, 0.15) is 11.4 Å². The monoisotopic (exact) mass is 446 g/mol. The summed E-state index contributed by atoms with van der Waals surface area (Å²) in [5, 5.41) is 14.4. The standard InChI is InChI=1S/C19H22N6O5S/c1-24-16(9-10-20-24)18-22-23-19(30-18)21-17(26)13-4-3-11-25(12-13)31(27,28)15-7-5-14(29-2)6-8-15/h5-10,13H,3-4,11-12H2,1-2H3,(H,21,23,26). The molecule has 1 amide bonds. The van der Waals surface area contributed by atoms with Crippen LogP contribution in [-0.2, 0) is 21.9 Å². The molecule has 1 saturated heterocycles. The van der Waals surface area contributed by atoms with Gasteiger partial charge in [-0.05, 0) is 43.2 Å². The highest BCUT2D eigenvalue weighted by Crippen LogP contribution is 2.26. The van der Waals surface area contributed by atoms with Gasteiger partial charge in [0.25, 0.3) is 5.89 Å². The Hall–Kier alpha value is -3.25. The summed E-state index contributed by atoms with van der Waals surface area (Å²) < 4.78 is 39.4. The molecule has 0 aliphatic carbocycles. The van der Waals surface area contributed by atoms with Gasteiger partial charge in [-0.15, -0.1) is 5.10 Å². The Morgan fingerprint density at radius 2 is 2.00 bits per heavy atom. The van der Waals surface area contributed by atoms with Crippen molar-refractivity contribution in [1.82, 2.24) is 24.3 Å². The van der Waals surface area contributed by atoms with E-state index in [-0.39, 0.29) is 29.3 Å². The fourth-order valence-electron chi connectivity index (χ4n) is 3.44. The lowest BCUT2D eigenvalue weighted by Gasteiger charge is -2.30. The Labute approximate surface area is 179 Å². The van der Waals surface area contributed by atoms with E-state index < -0.39 is 15.9 Å². The number of hydrogen-bond donors (Lipinski definition) is 1. The summed E-state index contributed by atoms with van der Waals surface area (Å²) in [6.45, 7) is 0.423. The van der Waals surface area contributed by atoms with Crippen LogP contribution >= 0.6 is 0 Å². The molecule has 3 heterocycles. The van der Waals surface area contributed by atoms with Gasteiger partial charge in [0, 0.05) is 26.3 Å². The largest absolute Gasteiger partial charge is 0.497 e. The number of amides is 1. The molecular weight excluding hydrogens is 424 g/mol. The number of anilines is 1. The van der Waals surface area contributed by atoms with E-state index in [2.05, 4.69) is 20.6 Å². The molecular formula is C19H22N6O5S. The number of nitrogens with one attached hydrogen (secondary N) is 1. The van der Waals surface area contributed by atoms with Crippen LogP contribution in [0.15, 0.2) is 45.8 Å². The van der Waals surface area contributed by atoms with Crippen LogP contribution in [0.25, 0.3) is 11.6 Å². The number of carbonyl (C=O) groups excluding carboxylic acids is 1. The first kappa shape index (κ1) is 21.0. The van der Waals surface area contributed by atoms with Crippen molar-refractivity contribution in [2.75, 3.05) is 25.5 Å². The molecule has 0 saturated carbocycles. The fraction of sp³-hybridized carbons (Fsp3) is 0.368. The quantitative estimate of drug-likeness (QED) is 0.603. The van der Waals surface area contributed by atoms with Crippen LogP contribution in [0.4, 0.5) is 6.01 Å². The predicted molar refractivity (Wildman–Crippen MR) is 110 cm³/mol. The first-order chi connectivity index (χ1) is 14.9. The van der Waals surface area contributed by atoms with Crippen molar-refractivity contribution in [3.63, 3.8) is 0 Å². The van der Waals surface area contributed by atoms with Gasteiger partial charge in [-0.2, -0.15) is 9.40 Å². The summed E-state index contributed by atoms with van der Waals surface area (Å²) in [6.07, 6.45) is 2.72. The van der Waals surface area contributed by atoms with E-state index >= 15 is 0 Å². The number of ether oxygens (including phenoxy) is 1. The van der Waals surface area contributed by atoms with E-state index in [1.807, 2.05) is 0 Å². The summed E-state index contributed by atoms with van der Waals surface area (Å²) >= 11 is 0. The lowest BCUT2D eigenvalue weighted by molar-refractivity contribution is -0.121. The Morgan fingerprint density at radius 1 is 1.23 bits per heavy atom. The second kappa shape index (κ2) is 8.47. The first-order valence-electron chi connectivity index (χ1n) is 9.65. The minimum absolute atomic E-state index is 0.0451. The number of nitrogens with zero attached hydrogens (tertiary/aromatic N) is 5.